The number of hydrogen-bond acceptors (Lipinski definition) is 2. The van der Waals surface area contributed by atoms with Gasteiger partial charge in [-0.25, -0.2) is 15.0 Å². The minimum atomic E-state index is 0.658. The molecule has 2 aromatic heterocycles. The molecule has 0 spiro atoms. The van der Waals surface area contributed by atoms with Crippen molar-refractivity contribution in [1.29, 1.82) is 0 Å². The Bertz CT molecular complexity index is 2410. The van der Waals surface area contributed by atoms with Crippen molar-refractivity contribution in [3.8, 4) is 5.82 Å². The summed E-state index contributed by atoms with van der Waals surface area (Å²) < 4.78 is 2.29. The smallest absolute Gasteiger partial charge is 0.160 e. The molecule has 0 atom stereocenters. The molecule has 0 bridgehead atoms. The van der Waals surface area contributed by atoms with Crippen molar-refractivity contribution in [2.24, 2.45) is 9.98 Å². The van der Waals surface area contributed by atoms with Gasteiger partial charge in [0.1, 0.15) is 5.82 Å². The highest BCUT2D eigenvalue weighted by Crippen LogP contribution is 2.40. The minimum Gasteiger partial charge on any atom is -0.294 e. The second-order valence-electron chi connectivity index (χ2n) is 11.6. The average molecular weight is 605 g/mol. The first-order valence-corrected chi connectivity index (χ1v) is 15.9. The van der Waals surface area contributed by atoms with Gasteiger partial charge in [-0.15, -0.1) is 0 Å². The Hall–Kier alpha value is -6.13. The normalized spacial score (nSPS) is 12.9. The fourth-order valence-electron chi connectivity index (χ4n) is 6.52. The van der Waals surface area contributed by atoms with Gasteiger partial charge < -0.3 is 0 Å². The van der Waals surface area contributed by atoms with Crippen LogP contribution in [0.1, 0.15) is 30.5 Å². The second-order valence-corrected chi connectivity index (χ2v) is 11.6. The van der Waals surface area contributed by atoms with Gasteiger partial charge >= 0.3 is 0 Å². The molecule has 2 heterocycles. The first-order valence-electron chi connectivity index (χ1n) is 15.9. The number of aromatic nitrogens is 2. The number of allylic oxidation sites excluding steroid dienone is 1. The Kier molecular flexibility index (Phi) is 7.23. The summed E-state index contributed by atoms with van der Waals surface area (Å²) in [6.45, 7) is 4.03. The van der Waals surface area contributed by atoms with Crippen LogP contribution in [0.5, 0.6) is 0 Å². The van der Waals surface area contributed by atoms with E-state index < -0.39 is 0 Å². The Morgan fingerprint density at radius 3 is 1.66 bits per heavy atom. The third-order valence-corrected chi connectivity index (χ3v) is 8.82. The van der Waals surface area contributed by atoms with E-state index in [9.17, 15) is 0 Å². The van der Waals surface area contributed by atoms with Gasteiger partial charge in [0.15, 0.2) is 5.84 Å². The highest BCUT2D eigenvalue weighted by molar-refractivity contribution is 6.28. The van der Waals surface area contributed by atoms with Gasteiger partial charge in [-0.05, 0) is 65.2 Å². The van der Waals surface area contributed by atoms with Gasteiger partial charge in [0.25, 0.3) is 0 Å². The summed E-state index contributed by atoms with van der Waals surface area (Å²) >= 11 is 0. The van der Waals surface area contributed by atoms with Crippen LogP contribution in [0.2, 0.25) is 0 Å². The molecule has 8 aromatic rings. The lowest BCUT2D eigenvalue weighted by Gasteiger charge is -2.10. The zero-order chi connectivity index (χ0) is 31.7. The maximum atomic E-state index is 5.10. The Labute approximate surface area is 273 Å². The van der Waals surface area contributed by atoms with Crippen molar-refractivity contribution < 1.29 is 0 Å². The third kappa shape index (κ3) is 5.10. The number of nitrogens with zero attached hydrogens (tertiary/aromatic N) is 4. The quantitative estimate of drug-likeness (QED) is 0.142. The summed E-state index contributed by atoms with van der Waals surface area (Å²) in [5, 5.41) is 7.44. The van der Waals surface area contributed by atoms with Crippen LogP contribution in [0.4, 0.5) is 0 Å². The third-order valence-electron chi connectivity index (χ3n) is 8.82. The first-order chi connectivity index (χ1) is 23.2. The predicted octanol–water partition coefficient (Wildman–Crippen LogP) is 10.8. The molecular weight excluding hydrogens is 573 g/mol. The number of fused-ring (bicyclic) bond motifs is 7. The molecule has 0 saturated heterocycles. The number of aliphatic imine (C=N–C) groups is 2. The molecule has 0 saturated carbocycles. The maximum absolute atomic E-state index is 5.10. The largest absolute Gasteiger partial charge is 0.294 e. The molecule has 0 unspecified atom stereocenters. The molecule has 0 aliphatic rings. The number of hydrogen-bond donors (Lipinski definition) is 0. The predicted molar refractivity (Wildman–Crippen MR) is 199 cm³/mol. The van der Waals surface area contributed by atoms with Crippen LogP contribution in [-0.2, 0) is 0 Å². The van der Waals surface area contributed by atoms with Crippen LogP contribution >= 0.6 is 0 Å². The van der Waals surface area contributed by atoms with E-state index in [0.29, 0.717) is 5.84 Å². The first kappa shape index (κ1) is 28.4. The van der Waals surface area contributed by atoms with Crippen LogP contribution in [0.3, 0.4) is 0 Å². The lowest BCUT2D eigenvalue weighted by Crippen LogP contribution is -2.04. The molecule has 0 aliphatic heterocycles. The van der Waals surface area contributed by atoms with Crippen LogP contribution in [-0.4, -0.2) is 21.1 Å². The SMILES string of the molecule is C/C=C(\N=C(N=C(C)c1ccccc1)c1ccccc1)c1ccc(-n2c3ccc4ccccc4c3c3c4ccccc4ccc32)nc1. The number of rotatable bonds is 5. The van der Waals surface area contributed by atoms with Crippen LogP contribution < -0.4 is 0 Å². The van der Waals surface area contributed by atoms with E-state index in [0.717, 1.165) is 45.0 Å². The van der Waals surface area contributed by atoms with Gasteiger partial charge in [0.05, 0.1) is 16.7 Å². The molecule has 8 rings (SSSR count). The van der Waals surface area contributed by atoms with Gasteiger partial charge in [0, 0.05) is 33.8 Å². The van der Waals surface area contributed by atoms with Crippen molar-refractivity contribution >= 4 is 60.6 Å². The van der Waals surface area contributed by atoms with Crippen LogP contribution in [0, 0.1) is 0 Å². The molecule has 0 N–H and O–H groups in total. The Morgan fingerprint density at radius 1 is 0.553 bits per heavy atom. The van der Waals surface area contributed by atoms with E-state index in [-0.39, 0.29) is 0 Å². The van der Waals surface area contributed by atoms with E-state index in [2.05, 4.69) is 102 Å². The fraction of sp³-hybridized carbons (Fsp3) is 0.0465. The highest BCUT2D eigenvalue weighted by Gasteiger charge is 2.18. The van der Waals surface area contributed by atoms with Crippen molar-refractivity contribution in [2.75, 3.05) is 0 Å². The van der Waals surface area contributed by atoms with Crippen LogP contribution in [0.25, 0.3) is 54.9 Å². The van der Waals surface area contributed by atoms with Gasteiger partial charge in [-0.2, -0.15) is 0 Å². The van der Waals surface area contributed by atoms with Crippen molar-refractivity contribution in [2.45, 2.75) is 13.8 Å². The minimum absolute atomic E-state index is 0.658. The zero-order valence-corrected chi connectivity index (χ0v) is 26.3. The van der Waals surface area contributed by atoms with Crippen molar-refractivity contribution in [1.82, 2.24) is 9.55 Å². The number of amidine groups is 1. The molecule has 224 valence electrons. The summed E-state index contributed by atoms with van der Waals surface area (Å²) in [6, 6.07) is 50.7. The van der Waals surface area contributed by atoms with Gasteiger partial charge in [-0.3, -0.25) is 4.57 Å². The molecule has 4 nitrogen and oxygen atoms in total. The molecule has 0 aliphatic carbocycles. The Morgan fingerprint density at radius 2 is 1.11 bits per heavy atom. The number of pyridine rings is 1. The lowest BCUT2D eigenvalue weighted by molar-refractivity contribution is 1.08. The maximum Gasteiger partial charge on any atom is 0.160 e. The molecule has 0 radical (unpaired) electrons. The molecule has 6 aromatic carbocycles. The van der Waals surface area contributed by atoms with E-state index in [1.54, 1.807) is 0 Å². The standard InChI is InChI=1S/C43H32N4/c1-3-37(46-43(33-18-8-5-9-19-33)45-29(2)30-14-6-4-7-15-30)34-24-27-40(44-28-34)47-38-25-22-31-16-10-12-20-35(31)41(38)42-36-21-13-11-17-32(36)23-26-39(42)47/h3-28H,1-2H3/b37-3-,45-29?,46-43?. The fourth-order valence-corrected chi connectivity index (χ4v) is 6.52. The van der Waals surface area contributed by atoms with Gasteiger partial charge in [0.2, 0.25) is 0 Å². The lowest BCUT2D eigenvalue weighted by atomic mass is 10.00. The van der Waals surface area contributed by atoms with Crippen molar-refractivity contribution in [3.05, 3.63) is 175 Å². The number of benzene rings is 6. The molecule has 4 heteroatoms. The van der Waals surface area contributed by atoms with Crippen LogP contribution in [0.15, 0.2) is 168 Å². The van der Waals surface area contributed by atoms with Gasteiger partial charge in [-0.1, -0.05) is 127 Å². The second kappa shape index (κ2) is 12.0. The molecular formula is C43H32N4. The average Bonchev–Trinajstić information content (AvgIpc) is 3.49. The summed E-state index contributed by atoms with van der Waals surface area (Å²) in [7, 11) is 0. The van der Waals surface area contributed by atoms with E-state index in [1.165, 1.54) is 32.3 Å². The Balaban J connectivity index is 1.26. The molecule has 0 fully saturated rings. The summed E-state index contributed by atoms with van der Waals surface area (Å²) in [5.74, 6) is 1.52. The monoisotopic (exact) mass is 604 g/mol. The highest BCUT2D eigenvalue weighted by atomic mass is 15.1. The zero-order valence-electron chi connectivity index (χ0n) is 26.3. The molecule has 0 amide bonds. The van der Waals surface area contributed by atoms with E-state index >= 15 is 0 Å². The topological polar surface area (TPSA) is 42.5 Å². The van der Waals surface area contributed by atoms with Crippen molar-refractivity contribution in [3.63, 3.8) is 0 Å². The molecule has 47 heavy (non-hydrogen) atoms. The van der Waals surface area contributed by atoms with E-state index in [1.807, 2.05) is 74.7 Å². The summed E-state index contributed by atoms with van der Waals surface area (Å²) in [6.07, 6.45) is 3.94. The summed E-state index contributed by atoms with van der Waals surface area (Å²) in [4.78, 5) is 15.2. The van der Waals surface area contributed by atoms with E-state index in [4.69, 9.17) is 15.0 Å². The summed E-state index contributed by atoms with van der Waals surface area (Å²) in [5.41, 5.74) is 6.94.